The van der Waals surface area contributed by atoms with Gasteiger partial charge in [-0.05, 0) is 48.2 Å². The smallest absolute Gasteiger partial charge is 0.243 e. The van der Waals surface area contributed by atoms with Crippen LogP contribution in [-0.2, 0) is 29.0 Å². The lowest BCUT2D eigenvalue weighted by Crippen LogP contribution is -2.51. The highest BCUT2D eigenvalue weighted by Crippen LogP contribution is 2.19. The maximum absolute atomic E-state index is 13.6. The first-order valence-corrected chi connectivity index (χ1v) is 11.3. The van der Waals surface area contributed by atoms with E-state index in [2.05, 4.69) is 5.32 Å². The first-order chi connectivity index (χ1) is 15.5. The summed E-state index contributed by atoms with van der Waals surface area (Å²) in [6, 6.07) is 24.4. The van der Waals surface area contributed by atoms with E-state index in [1.165, 1.54) is 0 Å². The third-order valence-electron chi connectivity index (χ3n) is 5.47. The van der Waals surface area contributed by atoms with Crippen molar-refractivity contribution >= 4 is 23.4 Å². The molecule has 5 heteroatoms. The molecular formula is C27H29ClN2O2. The first kappa shape index (κ1) is 23.6. The van der Waals surface area contributed by atoms with Gasteiger partial charge in [0, 0.05) is 24.5 Å². The Hall–Kier alpha value is -3.11. The number of amides is 2. The number of carbonyl (C=O) groups is 2. The lowest BCUT2D eigenvalue weighted by atomic mass is 10.0. The van der Waals surface area contributed by atoms with E-state index < -0.39 is 6.04 Å². The van der Waals surface area contributed by atoms with Crippen molar-refractivity contribution in [2.24, 2.45) is 0 Å². The molecule has 3 aromatic rings. The fraction of sp³-hybridized carbons (Fsp3) is 0.259. The number of hydrogen-bond donors (Lipinski definition) is 1. The number of hydrogen-bond acceptors (Lipinski definition) is 2. The fourth-order valence-electron chi connectivity index (χ4n) is 3.74. The van der Waals surface area contributed by atoms with Crippen LogP contribution < -0.4 is 5.32 Å². The summed E-state index contributed by atoms with van der Waals surface area (Å²) in [7, 11) is 0. The van der Waals surface area contributed by atoms with Gasteiger partial charge in [-0.25, -0.2) is 0 Å². The standard InChI is InChI=1S/C27H29ClN2O2/c1-3-29-27(32)25(17-21-11-5-4-6-12-21)30(19-23-14-8-7-10-20(23)2)26(31)18-22-13-9-15-24(28)16-22/h4-16,25H,3,17-19H2,1-2H3,(H,29,32)/t25-/m1/s1. The lowest BCUT2D eigenvalue weighted by Gasteiger charge is -2.32. The largest absolute Gasteiger partial charge is 0.355 e. The zero-order valence-corrected chi connectivity index (χ0v) is 19.3. The van der Waals surface area contributed by atoms with Crippen molar-refractivity contribution in [3.8, 4) is 0 Å². The Balaban J connectivity index is 1.97. The molecule has 0 unspecified atom stereocenters. The van der Waals surface area contributed by atoms with Gasteiger partial charge in [-0.1, -0.05) is 78.3 Å². The summed E-state index contributed by atoms with van der Waals surface area (Å²) in [5, 5.41) is 3.51. The van der Waals surface area contributed by atoms with Gasteiger partial charge in [-0.2, -0.15) is 0 Å². The Labute approximate surface area is 195 Å². The van der Waals surface area contributed by atoms with Crippen LogP contribution in [0.3, 0.4) is 0 Å². The van der Waals surface area contributed by atoms with Crippen LogP contribution in [0, 0.1) is 6.92 Å². The molecule has 2 amide bonds. The average molecular weight is 449 g/mol. The second-order valence-electron chi connectivity index (χ2n) is 7.85. The van der Waals surface area contributed by atoms with Gasteiger partial charge >= 0.3 is 0 Å². The van der Waals surface area contributed by atoms with Crippen LogP contribution in [0.15, 0.2) is 78.9 Å². The predicted molar refractivity (Wildman–Crippen MR) is 130 cm³/mol. The Bertz CT molecular complexity index is 1050. The molecule has 0 saturated carbocycles. The Kier molecular flexibility index (Phi) is 8.46. The van der Waals surface area contributed by atoms with Gasteiger partial charge in [-0.15, -0.1) is 0 Å². The number of likely N-dealkylation sites (N-methyl/N-ethyl adjacent to an activating group) is 1. The summed E-state index contributed by atoms with van der Waals surface area (Å²) in [4.78, 5) is 28.4. The lowest BCUT2D eigenvalue weighted by molar-refractivity contribution is -0.140. The number of aryl methyl sites for hydroxylation is 1. The predicted octanol–water partition coefficient (Wildman–Crippen LogP) is 4.97. The minimum atomic E-state index is -0.622. The van der Waals surface area contributed by atoms with Crippen molar-refractivity contribution in [2.75, 3.05) is 6.54 Å². The van der Waals surface area contributed by atoms with Gasteiger partial charge in [-0.3, -0.25) is 9.59 Å². The van der Waals surface area contributed by atoms with E-state index in [0.717, 1.165) is 22.3 Å². The Morgan fingerprint density at radius 2 is 1.62 bits per heavy atom. The van der Waals surface area contributed by atoms with Crippen LogP contribution in [-0.4, -0.2) is 29.3 Å². The number of halogens is 1. The van der Waals surface area contributed by atoms with Crippen LogP contribution in [0.1, 0.15) is 29.2 Å². The third kappa shape index (κ3) is 6.44. The Morgan fingerprint density at radius 1 is 0.938 bits per heavy atom. The highest BCUT2D eigenvalue weighted by atomic mass is 35.5. The van der Waals surface area contributed by atoms with Crippen LogP contribution in [0.25, 0.3) is 0 Å². The molecule has 0 aliphatic carbocycles. The average Bonchev–Trinajstić information content (AvgIpc) is 2.78. The molecule has 0 spiro atoms. The molecule has 1 N–H and O–H groups in total. The summed E-state index contributed by atoms with van der Waals surface area (Å²) in [6.45, 7) is 4.77. The Morgan fingerprint density at radius 3 is 2.31 bits per heavy atom. The van der Waals surface area contributed by atoms with E-state index in [1.54, 1.807) is 17.0 Å². The SMILES string of the molecule is CCNC(=O)[C@@H](Cc1ccccc1)N(Cc1ccccc1C)C(=O)Cc1cccc(Cl)c1. The quantitative estimate of drug-likeness (QED) is 0.502. The second-order valence-corrected chi connectivity index (χ2v) is 8.29. The maximum Gasteiger partial charge on any atom is 0.243 e. The van der Waals surface area contributed by atoms with E-state index >= 15 is 0 Å². The molecule has 0 radical (unpaired) electrons. The van der Waals surface area contributed by atoms with Crippen LogP contribution in [0.5, 0.6) is 0 Å². The molecule has 0 aliphatic heterocycles. The van der Waals surface area contributed by atoms with Gasteiger partial charge in [0.15, 0.2) is 0 Å². The van der Waals surface area contributed by atoms with E-state index in [1.807, 2.05) is 80.6 Å². The van der Waals surface area contributed by atoms with Crippen molar-refractivity contribution in [3.63, 3.8) is 0 Å². The molecule has 3 rings (SSSR count). The van der Waals surface area contributed by atoms with Crippen LogP contribution in [0.2, 0.25) is 5.02 Å². The van der Waals surface area contributed by atoms with Crippen LogP contribution >= 0.6 is 11.6 Å². The summed E-state index contributed by atoms with van der Waals surface area (Å²) >= 11 is 6.13. The van der Waals surface area contributed by atoms with Crippen LogP contribution in [0.4, 0.5) is 0 Å². The van der Waals surface area contributed by atoms with Gasteiger partial charge < -0.3 is 10.2 Å². The number of nitrogens with one attached hydrogen (secondary N) is 1. The minimum Gasteiger partial charge on any atom is -0.355 e. The van der Waals surface area contributed by atoms with Crippen molar-refractivity contribution in [3.05, 3.63) is 106 Å². The van der Waals surface area contributed by atoms with Gasteiger partial charge in [0.2, 0.25) is 11.8 Å². The molecule has 1 atom stereocenters. The number of nitrogens with zero attached hydrogens (tertiary/aromatic N) is 1. The molecular weight excluding hydrogens is 420 g/mol. The topological polar surface area (TPSA) is 49.4 Å². The van der Waals surface area contributed by atoms with Crippen molar-refractivity contribution in [1.29, 1.82) is 0 Å². The highest BCUT2D eigenvalue weighted by Gasteiger charge is 2.30. The third-order valence-corrected chi connectivity index (χ3v) is 5.70. The highest BCUT2D eigenvalue weighted by molar-refractivity contribution is 6.30. The molecule has 4 nitrogen and oxygen atoms in total. The molecule has 0 fully saturated rings. The molecule has 0 bridgehead atoms. The van der Waals surface area contributed by atoms with Gasteiger partial charge in [0.1, 0.15) is 6.04 Å². The summed E-state index contributed by atoms with van der Waals surface area (Å²) in [5.74, 6) is -0.257. The normalized spacial score (nSPS) is 11.6. The van der Waals surface area contributed by atoms with Crippen molar-refractivity contribution in [1.82, 2.24) is 10.2 Å². The number of benzene rings is 3. The first-order valence-electron chi connectivity index (χ1n) is 10.9. The fourth-order valence-corrected chi connectivity index (χ4v) is 3.95. The number of rotatable bonds is 9. The summed E-state index contributed by atoms with van der Waals surface area (Å²) < 4.78 is 0. The maximum atomic E-state index is 13.6. The minimum absolute atomic E-state index is 0.109. The number of carbonyl (C=O) groups excluding carboxylic acids is 2. The zero-order chi connectivity index (χ0) is 22.9. The van der Waals surface area contributed by atoms with E-state index in [4.69, 9.17) is 11.6 Å². The molecule has 0 saturated heterocycles. The van der Waals surface area contributed by atoms with Crippen molar-refractivity contribution in [2.45, 2.75) is 39.3 Å². The molecule has 0 heterocycles. The summed E-state index contributed by atoms with van der Waals surface area (Å²) in [5.41, 5.74) is 3.94. The molecule has 166 valence electrons. The zero-order valence-electron chi connectivity index (χ0n) is 18.6. The van der Waals surface area contributed by atoms with E-state index in [0.29, 0.717) is 24.5 Å². The van der Waals surface area contributed by atoms with E-state index in [-0.39, 0.29) is 18.2 Å². The molecule has 0 aliphatic rings. The monoisotopic (exact) mass is 448 g/mol. The molecule has 0 aromatic heterocycles. The second kappa shape index (κ2) is 11.5. The van der Waals surface area contributed by atoms with Gasteiger partial charge in [0.25, 0.3) is 0 Å². The molecule has 32 heavy (non-hydrogen) atoms. The molecule has 3 aromatic carbocycles. The summed E-state index contributed by atoms with van der Waals surface area (Å²) in [6.07, 6.45) is 0.622. The van der Waals surface area contributed by atoms with Gasteiger partial charge in [0.05, 0.1) is 6.42 Å². The van der Waals surface area contributed by atoms with Crippen molar-refractivity contribution < 1.29 is 9.59 Å². The van der Waals surface area contributed by atoms with E-state index in [9.17, 15) is 9.59 Å².